The minimum atomic E-state index is -1.49. The van der Waals surface area contributed by atoms with Gasteiger partial charge in [0.25, 0.3) is 0 Å². The third-order valence-corrected chi connectivity index (χ3v) is 6.26. The van der Waals surface area contributed by atoms with Crippen molar-refractivity contribution in [3.63, 3.8) is 0 Å². The lowest BCUT2D eigenvalue weighted by Gasteiger charge is -2.07. The summed E-state index contributed by atoms with van der Waals surface area (Å²) in [5, 5.41) is 10.1. The van der Waals surface area contributed by atoms with Gasteiger partial charge in [0, 0.05) is 5.56 Å². The van der Waals surface area contributed by atoms with Gasteiger partial charge in [-0.15, -0.1) is 0 Å². The van der Waals surface area contributed by atoms with E-state index in [0.29, 0.717) is 0 Å². The van der Waals surface area contributed by atoms with E-state index in [0.717, 1.165) is 12.1 Å². The molecule has 0 bridgehead atoms. The molecule has 29 heavy (non-hydrogen) atoms. The molecule has 0 atom stereocenters. The number of halogens is 1. The van der Waals surface area contributed by atoms with Gasteiger partial charge >= 0.3 is 0 Å². The molecule has 4 heteroatoms. The Balaban J connectivity index is 0.000000204. The van der Waals surface area contributed by atoms with E-state index >= 15 is 0 Å². The van der Waals surface area contributed by atoms with Crippen molar-refractivity contribution in [2.45, 2.75) is 14.7 Å². The summed E-state index contributed by atoms with van der Waals surface area (Å²) in [6.07, 6.45) is 0. The number of carboxylic acids is 1. The van der Waals surface area contributed by atoms with Crippen LogP contribution in [0.1, 0.15) is 10.4 Å². The van der Waals surface area contributed by atoms with Crippen molar-refractivity contribution < 1.29 is 14.3 Å². The Morgan fingerprint density at radius 3 is 1.24 bits per heavy atom. The number of benzene rings is 4. The van der Waals surface area contributed by atoms with Gasteiger partial charge in [-0.05, 0) is 42.5 Å². The van der Waals surface area contributed by atoms with Crippen molar-refractivity contribution in [2.75, 3.05) is 0 Å². The van der Waals surface area contributed by atoms with Crippen LogP contribution in [0.2, 0.25) is 0 Å². The van der Waals surface area contributed by atoms with E-state index in [-0.39, 0.29) is 10.9 Å². The van der Waals surface area contributed by atoms with Crippen LogP contribution in [0.15, 0.2) is 130 Å². The van der Waals surface area contributed by atoms with Crippen LogP contribution in [0.4, 0.5) is 4.39 Å². The van der Waals surface area contributed by atoms with Crippen LogP contribution in [0, 0.1) is 5.82 Å². The van der Waals surface area contributed by atoms with Crippen molar-refractivity contribution in [3.05, 3.63) is 127 Å². The first-order valence-corrected chi connectivity index (χ1v) is 10.2. The second-order valence-corrected chi connectivity index (χ2v) is 8.04. The molecule has 0 amide bonds. The minimum absolute atomic E-state index is 0.0146. The molecule has 0 aliphatic carbocycles. The summed E-state index contributed by atoms with van der Waals surface area (Å²) >= 11 is 0. The van der Waals surface area contributed by atoms with E-state index in [9.17, 15) is 14.3 Å². The first-order chi connectivity index (χ1) is 14.2. The summed E-state index contributed by atoms with van der Waals surface area (Å²) in [4.78, 5) is 14.2. The Kier molecular flexibility index (Phi) is 7.20. The summed E-state index contributed by atoms with van der Waals surface area (Å²) < 4.78 is 12.4. The molecule has 0 saturated carbocycles. The molecular weight excluding hydrogens is 383 g/mol. The lowest BCUT2D eigenvalue weighted by atomic mass is 10.2. The van der Waals surface area contributed by atoms with Crippen LogP contribution in [0.5, 0.6) is 0 Å². The predicted molar refractivity (Wildman–Crippen MR) is 112 cm³/mol. The van der Waals surface area contributed by atoms with Gasteiger partial charge in [0.1, 0.15) is 5.82 Å². The second kappa shape index (κ2) is 10.2. The van der Waals surface area contributed by atoms with Crippen molar-refractivity contribution in [3.8, 4) is 0 Å². The largest absolute Gasteiger partial charge is 0.545 e. The molecule has 0 radical (unpaired) electrons. The van der Waals surface area contributed by atoms with Crippen LogP contribution in [0.3, 0.4) is 0 Å². The van der Waals surface area contributed by atoms with E-state index in [2.05, 4.69) is 91.0 Å². The summed E-state index contributed by atoms with van der Waals surface area (Å²) in [6, 6.07) is 37.2. The Bertz CT molecular complexity index is 944. The van der Waals surface area contributed by atoms with Gasteiger partial charge in [-0.1, -0.05) is 72.8 Å². The maximum atomic E-state index is 12.4. The van der Waals surface area contributed by atoms with E-state index < -0.39 is 17.3 Å². The fraction of sp³-hybridized carbons (Fsp3) is 0. The van der Waals surface area contributed by atoms with Crippen LogP contribution < -0.4 is 5.11 Å². The van der Waals surface area contributed by atoms with Gasteiger partial charge in [-0.2, -0.15) is 0 Å². The van der Waals surface area contributed by atoms with Gasteiger partial charge in [-0.25, -0.2) is 4.39 Å². The maximum Gasteiger partial charge on any atom is 0.166 e. The van der Waals surface area contributed by atoms with Crippen LogP contribution in [0.25, 0.3) is 0 Å². The number of hydrogen-bond acceptors (Lipinski definition) is 2. The molecule has 0 aliphatic heterocycles. The fourth-order valence-electron chi connectivity index (χ4n) is 2.70. The van der Waals surface area contributed by atoms with E-state index in [1.54, 1.807) is 0 Å². The number of rotatable bonds is 4. The zero-order valence-electron chi connectivity index (χ0n) is 15.6. The van der Waals surface area contributed by atoms with Gasteiger partial charge in [-0.3, -0.25) is 0 Å². The summed E-state index contributed by atoms with van der Waals surface area (Å²) in [6.45, 7) is 0. The zero-order valence-corrected chi connectivity index (χ0v) is 16.4. The molecule has 0 aliphatic rings. The molecule has 0 aromatic heterocycles. The SMILES string of the molecule is O=C([O-])c1ccccc1F.c1ccc([S+](c2ccccc2)c2ccccc2)cc1. The average Bonchev–Trinajstić information content (AvgIpc) is 2.77. The van der Waals surface area contributed by atoms with Crippen molar-refractivity contribution in [1.29, 1.82) is 0 Å². The highest BCUT2D eigenvalue weighted by Gasteiger charge is 2.27. The van der Waals surface area contributed by atoms with Crippen molar-refractivity contribution >= 4 is 16.9 Å². The molecule has 0 unspecified atom stereocenters. The number of carbonyl (C=O) groups is 1. The summed E-state index contributed by atoms with van der Waals surface area (Å²) in [5.74, 6) is -2.25. The van der Waals surface area contributed by atoms with E-state index in [1.165, 1.54) is 26.8 Å². The van der Waals surface area contributed by atoms with Crippen LogP contribution in [-0.2, 0) is 10.9 Å². The smallest absolute Gasteiger partial charge is 0.166 e. The van der Waals surface area contributed by atoms with Gasteiger partial charge in [0.05, 0.1) is 16.9 Å². The van der Waals surface area contributed by atoms with Crippen molar-refractivity contribution in [2.24, 2.45) is 0 Å². The van der Waals surface area contributed by atoms with E-state index in [4.69, 9.17) is 0 Å². The molecular formula is C25H19FO2S. The van der Waals surface area contributed by atoms with E-state index in [1.807, 2.05) is 0 Å². The van der Waals surface area contributed by atoms with Gasteiger partial charge < -0.3 is 9.90 Å². The van der Waals surface area contributed by atoms with Crippen LogP contribution in [-0.4, -0.2) is 5.97 Å². The highest BCUT2D eigenvalue weighted by molar-refractivity contribution is 7.97. The Labute approximate surface area is 172 Å². The number of hydrogen-bond donors (Lipinski definition) is 0. The fourth-order valence-corrected chi connectivity index (χ4v) is 4.81. The third-order valence-electron chi connectivity index (χ3n) is 4.03. The number of carbonyl (C=O) groups excluding carboxylic acids is 1. The molecule has 0 N–H and O–H groups in total. The maximum absolute atomic E-state index is 12.4. The zero-order chi connectivity index (χ0) is 20.5. The number of carboxylic acid groups (broad SMARTS) is 1. The molecule has 4 aromatic carbocycles. The average molecular weight is 402 g/mol. The number of aromatic carboxylic acids is 1. The molecule has 4 rings (SSSR count). The molecule has 2 nitrogen and oxygen atoms in total. The quantitative estimate of drug-likeness (QED) is 0.452. The molecule has 0 fully saturated rings. The standard InChI is InChI=1S/C18H15S.C7H5FO2/c1-4-10-16(11-5-1)19(17-12-6-2-7-13-17)18-14-8-3-9-15-18;8-6-4-2-1-3-5(6)7(9)10/h1-15H;1-4H,(H,9,10)/q+1;/p-1. The molecule has 144 valence electrons. The first-order valence-electron chi connectivity index (χ1n) is 9.02. The Hall–Kier alpha value is -3.37. The third kappa shape index (κ3) is 5.56. The summed E-state index contributed by atoms with van der Waals surface area (Å²) in [7, 11) is -0.0146. The van der Waals surface area contributed by atoms with Crippen LogP contribution >= 0.6 is 0 Å². The normalized spacial score (nSPS) is 10.1. The molecule has 0 heterocycles. The monoisotopic (exact) mass is 402 g/mol. The Morgan fingerprint density at radius 1 is 0.586 bits per heavy atom. The second-order valence-electron chi connectivity index (χ2n) is 6.01. The van der Waals surface area contributed by atoms with Gasteiger partial charge in [0.15, 0.2) is 14.7 Å². The molecule has 0 spiro atoms. The summed E-state index contributed by atoms with van der Waals surface area (Å²) in [5.41, 5.74) is -0.400. The minimum Gasteiger partial charge on any atom is -0.545 e. The Morgan fingerprint density at radius 2 is 0.931 bits per heavy atom. The van der Waals surface area contributed by atoms with Gasteiger partial charge in [0.2, 0.25) is 0 Å². The highest BCUT2D eigenvalue weighted by Crippen LogP contribution is 2.30. The lowest BCUT2D eigenvalue weighted by molar-refractivity contribution is -0.255. The topological polar surface area (TPSA) is 40.1 Å². The first kappa shape index (κ1) is 20.4. The van der Waals surface area contributed by atoms with Crippen molar-refractivity contribution in [1.82, 2.24) is 0 Å². The molecule has 4 aromatic rings. The predicted octanol–water partition coefficient (Wildman–Crippen LogP) is 4.97. The lowest BCUT2D eigenvalue weighted by Crippen LogP contribution is -2.23. The highest BCUT2D eigenvalue weighted by atomic mass is 32.2. The molecule has 0 saturated heterocycles.